The van der Waals surface area contributed by atoms with E-state index in [-0.39, 0.29) is 11.6 Å². The van der Waals surface area contributed by atoms with Gasteiger partial charge < -0.3 is 14.5 Å². The Kier molecular flexibility index (Phi) is 4.88. The normalized spacial score (nSPS) is 21.9. The monoisotopic (exact) mass is 430 g/mol. The first kappa shape index (κ1) is 19.9. The van der Waals surface area contributed by atoms with Gasteiger partial charge in [-0.15, -0.1) is 0 Å². The first-order chi connectivity index (χ1) is 14.9. The quantitative estimate of drug-likeness (QED) is 0.629. The Morgan fingerprint density at radius 1 is 1.03 bits per heavy atom. The Morgan fingerprint density at radius 2 is 1.84 bits per heavy atom. The molecule has 0 spiro atoms. The Labute approximate surface area is 176 Å². The molecule has 1 unspecified atom stereocenters. The molecule has 2 aliphatic rings. The largest absolute Gasteiger partial charge is 0.433 e. The lowest BCUT2D eigenvalue weighted by Crippen LogP contribution is -2.46. The minimum absolute atomic E-state index is 0.0881. The van der Waals surface area contributed by atoms with Crippen LogP contribution in [0, 0.1) is 0 Å². The summed E-state index contributed by atoms with van der Waals surface area (Å²) in [4.78, 5) is 21.4. The van der Waals surface area contributed by atoms with Crippen molar-refractivity contribution in [3.05, 3.63) is 47.9 Å². The molecule has 2 aliphatic heterocycles. The van der Waals surface area contributed by atoms with Crippen LogP contribution in [0.4, 0.5) is 24.9 Å². The topological polar surface area (TPSA) is 67.3 Å². The number of halogens is 3. The molecule has 2 atom stereocenters. The molecule has 2 saturated heterocycles. The third kappa shape index (κ3) is 3.54. The summed E-state index contributed by atoms with van der Waals surface area (Å²) in [6.07, 6.45) is -1.09. The summed E-state index contributed by atoms with van der Waals surface area (Å²) in [6.45, 7) is 4.40. The summed E-state index contributed by atoms with van der Waals surface area (Å²) in [6, 6.07) is 6.31. The summed E-state index contributed by atoms with van der Waals surface area (Å²) >= 11 is 0. The molecule has 0 N–H and O–H groups in total. The lowest BCUT2D eigenvalue weighted by Gasteiger charge is -2.43. The summed E-state index contributed by atoms with van der Waals surface area (Å²) in [5, 5.41) is 0.717. The van der Waals surface area contributed by atoms with Crippen LogP contribution in [0.1, 0.15) is 30.6 Å². The van der Waals surface area contributed by atoms with Crippen molar-refractivity contribution >= 4 is 22.8 Å². The summed E-state index contributed by atoms with van der Waals surface area (Å²) in [5.41, 5.74) is -0.157. The predicted octanol–water partition coefficient (Wildman–Crippen LogP) is 3.62. The number of hydrogen-bond acceptors (Lipinski definition) is 7. The van der Waals surface area contributed by atoms with E-state index in [1.165, 1.54) is 12.3 Å². The molecular formula is C21H21F3N6O. The second-order valence-electron chi connectivity index (χ2n) is 7.78. The van der Waals surface area contributed by atoms with E-state index in [0.29, 0.717) is 55.5 Å². The highest BCUT2D eigenvalue weighted by atomic mass is 19.4. The fourth-order valence-electron chi connectivity index (χ4n) is 4.19. The Bertz CT molecular complexity index is 1110. The van der Waals surface area contributed by atoms with Crippen molar-refractivity contribution in [3.63, 3.8) is 0 Å². The van der Waals surface area contributed by atoms with E-state index in [1.807, 2.05) is 17.9 Å². The number of anilines is 2. The second-order valence-corrected chi connectivity index (χ2v) is 7.78. The van der Waals surface area contributed by atoms with E-state index in [2.05, 4.69) is 19.9 Å². The van der Waals surface area contributed by atoms with E-state index in [9.17, 15) is 13.2 Å². The number of alkyl halides is 3. The fraction of sp³-hybridized carbons (Fsp3) is 0.429. The number of fused-ring (bicyclic) bond motifs is 1. The van der Waals surface area contributed by atoms with Gasteiger partial charge in [0.15, 0.2) is 5.65 Å². The highest BCUT2D eigenvalue weighted by Gasteiger charge is 2.41. The highest BCUT2D eigenvalue weighted by molar-refractivity contribution is 5.88. The van der Waals surface area contributed by atoms with Gasteiger partial charge in [-0.3, -0.25) is 4.98 Å². The van der Waals surface area contributed by atoms with Crippen molar-refractivity contribution in [2.75, 3.05) is 36.1 Å². The zero-order valence-corrected chi connectivity index (χ0v) is 16.9. The van der Waals surface area contributed by atoms with Gasteiger partial charge in [-0.25, -0.2) is 4.98 Å². The number of rotatable bonds is 3. The van der Waals surface area contributed by atoms with Crippen molar-refractivity contribution in [1.29, 1.82) is 0 Å². The van der Waals surface area contributed by atoms with Gasteiger partial charge in [-0.1, -0.05) is 6.07 Å². The molecule has 3 aromatic rings. The van der Waals surface area contributed by atoms with E-state index in [1.54, 1.807) is 18.3 Å². The zero-order chi connectivity index (χ0) is 21.6. The van der Waals surface area contributed by atoms with Gasteiger partial charge >= 0.3 is 6.18 Å². The van der Waals surface area contributed by atoms with Gasteiger partial charge in [-0.2, -0.15) is 23.1 Å². The highest BCUT2D eigenvalue weighted by Crippen LogP contribution is 2.43. The molecule has 7 nitrogen and oxygen atoms in total. The summed E-state index contributed by atoms with van der Waals surface area (Å²) in [5.74, 6) is 1.12. The van der Waals surface area contributed by atoms with Crippen LogP contribution in [0.2, 0.25) is 0 Å². The average molecular weight is 430 g/mol. The van der Waals surface area contributed by atoms with Gasteiger partial charge in [-0.05, 0) is 31.5 Å². The third-order valence-electron chi connectivity index (χ3n) is 5.82. The first-order valence-corrected chi connectivity index (χ1v) is 10.2. The number of aromatic nitrogens is 4. The van der Waals surface area contributed by atoms with Gasteiger partial charge in [0, 0.05) is 31.0 Å². The number of hydrogen-bond donors (Lipinski definition) is 0. The Morgan fingerprint density at radius 3 is 2.58 bits per heavy atom. The van der Waals surface area contributed by atoms with Crippen LogP contribution in [0.5, 0.6) is 0 Å². The van der Waals surface area contributed by atoms with Crippen molar-refractivity contribution in [2.24, 2.45) is 0 Å². The Hall–Kier alpha value is -3.01. The molecule has 0 radical (unpaired) electrons. The predicted molar refractivity (Wildman–Crippen MR) is 109 cm³/mol. The standard InChI is InChI=1S/C21H21F3N6O/c1-13-12-31-11-10-29(13)20-27-18-15(5-3-8-26-18)19(28-20)30-9-6-16(30)14-4-2-7-25-17(14)21(22,23)24/h2-5,7-8,13,16H,6,9-12H2,1H3/t13-,16?/m0/s1. The maximum Gasteiger partial charge on any atom is 0.433 e. The SMILES string of the molecule is C[C@H]1COCCN1c1nc(N2CCC2c2cccnc2C(F)(F)F)c2cccnc2n1. The number of nitrogens with zero attached hydrogens (tertiary/aromatic N) is 6. The van der Waals surface area contributed by atoms with Gasteiger partial charge in [0.2, 0.25) is 5.95 Å². The second kappa shape index (κ2) is 7.60. The van der Waals surface area contributed by atoms with Crippen LogP contribution < -0.4 is 9.80 Å². The lowest BCUT2D eigenvalue weighted by atomic mass is 9.93. The van der Waals surface area contributed by atoms with E-state index in [0.717, 1.165) is 0 Å². The maximum atomic E-state index is 13.6. The fourth-order valence-corrected chi connectivity index (χ4v) is 4.19. The van der Waals surface area contributed by atoms with Crippen molar-refractivity contribution in [3.8, 4) is 0 Å². The maximum absolute atomic E-state index is 13.6. The third-order valence-corrected chi connectivity index (χ3v) is 5.82. The molecule has 0 aliphatic carbocycles. The summed E-state index contributed by atoms with van der Waals surface area (Å²) in [7, 11) is 0. The molecule has 5 rings (SSSR count). The number of morpholine rings is 1. The van der Waals surface area contributed by atoms with Crippen molar-refractivity contribution in [2.45, 2.75) is 31.6 Å². The van der Waals surface area contributed by atoms with E-state index < -0.39 is 17.9 Å². The van der Waals surface area contributed by atoms with Crippen molar-refractivity contribution < 1.29 is 17.9 Å². The molecule has 31 heavy (non-hydrogen) atoms. The summed E-state index contributed by atoms with van der Waals surface area (Å²) < 4.78 is 46.2. The first-order valence-electron chi connectivity index (χ1n) is 10.2. The van der Waals surface area contributed by atoms with Gasteiger partial charge in [0.1, 0.15) is 11.5 Å². The minimum Gasteiger partial charge on any atom is -0.377 e. The molecule has 10 heteroatoms. The number of pyridine rings is 2. The molecule has 5 heterocycles. The minimum atomic E-state index is -4.51. The average Bonchev–Trinajstić information content (AvgIpc) is 2.73. The molecule has 2 fully saturated rings. The molecule has 0 aromatic carbocycles. The van der Waals surface area contributed by atoms with E-state index >= 15 is 0 Å². The zero-order valence-electron chi connectivity index (χ0n) is 16.9. The van der Waals surface area contributed by atoms with Crippen LogP contribution in [-0.2, 0) is 10.9 Å². The van der Waals surface area contributed by atoms with Crippen LogP contribution in [-0.4, -0.2) is 52.3 Å². The van der Waals surface area contributed by atoms with Crippen LogP contribution in [0.3, 0.4) is 0 Å². The molecule has 162 valence electrons. The lowest BCUT2D eigenvalue weighted by molar-refractivity contribution is -0.142. The van der Waals surface area contributed by atoms with Crippen LogP contribution >= 0.6 is 0 Å². The van der Waals surface area contributed by atoms with E-state index in [4.69, 9.17) is 9.72 Å². The van der Waals surface area contributed by atoms with Gasteiger partial charge in [0.25, 0.3) is 0 Å². The molecule has 0 saturated carbocycles. The smallest absolute Gasteiger partial charge is 0.377 e. The van der Waals surface area contributed by atoms with Gasteiger partial charge in [0.05, 0.1) is 30.7 Å². The van der Waals surface area contributed by atoms with Crippen LogP contribution in [0.15, 0.2) is 36.7 Å². The van der Waals surface area contributed by atoms with Crippen molar-refractivity contribution in [1.82, 2.24) is 19.9 Å². The molecule has 0 bridgehead atoms. The molecule has 3 aromatic heterocycles. The molecular weight excluding hydrogens is 409 g/mol. The molecule has 0 amide bonds. The van der Waals surface area contributed by atoms with Crippen LogP contribution in [0.25, 0.3) is 11.0 Å². The Balaban J connectivity index is 1.59. The number of ether oxygens (including phenoxy) is 1.